The molecule has 1 aromatic carbocycles. The van der Waals surface area contributed by atoms with Crippen molar-refractivity contribution in [2.45, 2.75) is 37.8 Å². The van der Waals surface area contributed by atoms with Gasteiger partial charge in [0.1, 0.15) is 5.82 Å². The Bertz CT molecular complexity index is 372. The van der Waals surface area contributed by atoms with E-state index in [9.17, 15) is 9.50 Å². The molecule has 1 fully saturated rings. The van der Waals surface area contributed by atoms with Gasteiger partial charge in [0.2, 0.25) is 0 Å². The van der Waals surface area contributed by atoms with Crippen molar-refractivity contribution in [2.75, 3.05) is 5.32 Å². The summed E-state index contributed by atoms with van der Waals surface area (Å²) in [5, 5.41) is 13.3. The number of aliphatic hydroxyl groups excluding tert-OH is 1. The van der Waals surface area contributed by atoms with Gasteiger partial charge in [0.05, 0.1) is 17.8 Å². The maximum Gasteiger partial charge on any atom is 0.146 e. The molecule has 88 valence electrons. The van der Waals surface area contributed by atoms with Crippen molar-refractivity contribution in [1.29, 1.82) is 0 Å². The van der Waals surface area contributed by atoms with Crippen molar-refractivity contribution < 1.29 is 9.50 Å². The molecule has 0 heterocycles. The molecule has 0 aromatic heterocycles. The zero-order valence-corrected chi connectivity index (χ0v) is 9.67. The molecule has 1 aromatic rings. The monoisotopic (exact) mass is 243 g/mol. The van der Waals surface area contributed by atoms with Crippen molar-refractivity contribution in [1.82, 2.24) is 0 Å². The third-order valence-electron chi connectivity index (χ3n) is 3.00. The second-order valence-electron chi connectivity index (χ2n) is 4.23. The molecule has 0 bridgehead atoms. The Labute approximate surface area is 99.4 Å². The van der Waals surface area contributed by atoms with Crippen LogP contribution in [0.3, 0.4) is 0 Å². The summed E-state index contributed by atoms with van der Waals surface area (Å²) in [6.07, 6.45) is 3.36. The van der Waals surface area contributed by atoms with Crippen LogP contribution in [-0.4, -0.2) is 17.3 Å². The minimum absolute atomic E-state index is 0.0679. The van der Waals surface area contributed by atoms with Gasteiger partial charge in [-0.2, -0.15) is 0 Å². The lowest BCUT2D eigenvalue weighted by atomic mass is 9.92. The second kappa shape index (κ2) is 5.02. The number of benzene rings is 1. The third kappa shape index (κ3) is 2.66. The molecule has 1 aliphatic rings. The Kier molecular flexibility index (Phi) is 3.66. The number of rotatable bonds is 2. The largest absolute Gasteiger partial charge is 0.391 e. The summed E-state index contributed by atoms with van der Waals surface area (Å²) in [6.45, 7) is 0. The quantitative estimate of drug-likeness (QED) is 0.836. The molecule has 16 heavy (non-hydrogen) atoms. The van der Waals surface area contributed by atoms with Crippen LogP contribution in [-0.2, 0) is 0 Å². The minimum Gasteiger partial charge on any atom is -0.391 e. The Morgan fingerprint density at radius 3 is 2.81 bits per heavy atom. The molecule has 0 amide bonds. The summed E-state index contributed by atoms with van der Waals surface area (Å²) in [6, 6.07) is 4.33. The number of hydrogen-bond acceptors (Lipinski definition) is 2. The zero-order valence-electron chi connectivity index (χ0n) is 8.92. The maximum absolute atomic E-state index is 13.4. The van der Waals surface area contributed by atoms with Gasteiger partial charge in [-0.3, -0.25) is 0 Å². The van der Waals surface area contributed by atoms with Crippen LogP contribution in [0.4, 0.5) is 10.1 Å². The summed E-state index contributed by atoms with van der Waals surface area (Å²) in [4.78, 5) is 0. The Morgan fingerprint density at radius 2 is 2.06 bits per heavy atom. The van der Waals surface area contributed by atoms with Crippen LogP contribution in [0.15, 0.2) is 18.2 Å². The number of anilines is 1. The van der Waals surface area contributed by atoms with Gasteiger partial charge < -0.3 is 10.4 Å². The third-order valence-corrected chi connectivity index (χ3v) is 3.23. The molecule has 0 radical (unpaired) electrons. The first-order valence-corrected chi connectivity index (χ1v) is 5.94. The highest BCUT2D eigenvalue weighted by Gasteiger charge is 2.23. The van der Waals surface area contributed by atoms with Crippen molar-refractivity contribution in [3.63, 3.8) is 0 Å². The van der Waals surface area contributed by atoms with Crippen molar-refractivity contribution in [3.8, 4) is 0 Å². The zero-order chi connectivity index (χ0) is 11.5. The average molecular weight is 244 g/mol. The molecule has 0 aliphatic heterocycles. The number of hydrogen-bond donors (Lipinski definition) is 2. The topological polar surface area (TPSA) is 32.3 Å². The predicted molar refractivity (Wildman–Crippen MR) is 63.3 cm³/mol. The van der Waals surface area contributed by atoms with Gasteiger partial charge in [-0.15, -0.1) is 0 Å². The standard InChI is InChI=1S/C12H15ClFNO/c13-8-5-6-9(14)11(7-8)15-10-3-1-2-4-12(10)16/h5-7,10,12,15-16H,1-4H2/t10-,12-/m1/s1. The Hall–Kier alpha value is -0.800. The fraction of sp³-hybridized carbons (Fsp3) is 0.500. The minimum atomic E-state index is -0.396. The Balaban J connectivity index is 2.10. The van der Waals surface area contributed by atoms with Crippen molar-refractivity contribution in [2.24, 2.45) is 0 Å². The summed E-state index contributed by atoms with van der Waals surface area (Å²) in [7, 11) is 0. The fourth-order valence-electron chi connectivity index (χ4n) is 2.09. The molecule has 0 unspecified atom stereocenters. The van der Waals surface area contributed by atoms with Crippen LogP contribution in [0.2, 0.25) is 5.02 Å². The van der Waals surface area contributed by atoms with E-state index in [0.717, 1.165) is 25.7 Å². The van der Waals surface area contributed by atoms with E-state index in [4.69, 9.17) is 11.6 Å². The number of aliphatic hydroxyl groups is 1. The van der Waals surface area contributed by atoms with Gasteiger partial charge in [0, 0.05) is 5.02 Å². The van der Waals surface area contributed by atoms with Gasteiger partial charge in [-0.05, 0) is 31.0 Å². The summed E-state index contributed by atoms with van der Waals surface area (Å²) in [5.74, 6) is -0.331. The van der Waals surface area contributed by atoms with E-state index in [-0.39, 0.29) is 11.9 Å². The molecule has 4 heteroatoms. The number of nitrogens with one attached hydrogen (secondary N) is 1. The first kappa shape index (κ1) is 11.7. The van der Waals surface area contributed by atoms with E-state index < -0.39 is 6.10 Å². The lowest BCUT2D eigenvalue weighted by Gasteiger charge is -2.29. The van der Waals surface area contributed by atoms with Crippen molar-refractivity contribution in [3.05, 3.63) is 29.0 Å². The molecule has 2 atom stereocenters. The highest BCUT2D eigenvalue weighted by molar-refractivity contribution is 6.30. The van der Waals surface area contributed by atoms with Gasteiger partial charge >= 0.3 is 0 Å². The smallest absolute Gasteiger partial charge is 0.146 e. The van der Waals surface area contributed by atoms with Gasteiger partial charge in [0.25, 0.3) is 0 Å². The molecule has 0 saturated heterocycles. The normalized spacial score (nSPS) is 25.4. The summed E-state index contributed by atoms with van der Waals surface area (Å²) < 4.78 is 13.4. The Morgan fingerprint density at radius 1 is 1.31 bits per heavy atom. The SMILES string of the molecule is O[C@@H]1CCCC[C@H]1Nc1cc(Cl)ccc1F. The summed E-state index contributed by atoms with van der Waals surface area (Å²) in [5.41, 5.74) is 0.374. The maximum atomic E-state index is 13.4. The van der Waals surface area contributed by atoms with Crippen LogP contribution in [0, 0.1) is 5.82 Å². The lowest BCUT2D eigenvalue weighted by Crippen LogP contribution is -2.36. The van der Waals surface area contributed by atoms with Gasteiger partial charge in [-0.1, -0.05) is 24.4 Å². The lowest BCUT2D eigenvalue weighted by molar-refractivity contribution is 0.116. The second-order valence-corrected chi connectivity index (χ2v) is 4.66. The highest BCUT2D eigenvalue weighted by atomic mass is 35.5. The van der Waals surface area contributed by atoms with Crippen LogP contribution in [0.25, 0.3) is 0 Å². The molecule has 1 saturated carbocycles. The first-order chi connectivity index (χ1) is 7.66. The first-order valence-electron chi connectivity index (χ1n) is 5.56. The molecule has 1 aliphatic carbocycles. The molecular weight excluding hydrogens is 229 g/mol. The van der Waals surface area contributed by atoms with Gasteiger partial charge in [-0.25, -0.2) is 4.39 Å². The van der Waals surface area contributed by atoms with E-state index >= 15 is 0 Å². The fourth-order valence-corrected chi connectivity index (χ4v) is 2.26. The van der Waals surface area contributed by atoms with E-state index in [1.807, 2.05) is 0 Å². The van der Waals surface area contributed by atoms with Crippen LogP contribution < -0.4 is 5.32 Å². The van der Waals surface area contributed by atoms with E-state index in [2.05, 4.69) is 5.32 Å². The van der Waals surface area contributed by atoms with Crippen LogP contribution >= 0.6 is 11.6 Å². The van der Waals surface area contributed by atoms with Crippen LogP contribution in [0.1, 0.15) is 25.7 Å². The molecule has 2 nitrogen and oxygen atoms in total. The summed E-state index contributed by atoms with van der Waals surface area (Å²) >= 11 is 5.80. The molecule has 2 rings (SSSR count). The molecular formula is C12H15ClFNO. The predicted octanol–water partition coefficient (Wildman–Crippen LogP) is 3.19. The molecule has 2 N–H and O–H groups in total. The number of halogens is 2. The van der Waals surface area contributed by atoms with E-state index in [1.54, 1.807) is 6.07 Å². The van der Waals surface area contributed by atoms with E-state index in [1.165, 1.54) is 12.1 Å². The van der Waals surface area contributed by atoms with Crippen molar-refractivity contribution >= 4 is 17.3 Å². The average Bonchev–Trinajstić information content (AvgIpc) is 2.27. The van der Waals surface area contributed by atoms with Crippen LogP contribution in [0.5, 0.6) is 0 Å². The van der Waals surface area contributed by atoms with E-state index in [0.29, 0.717) is 10.7 Å². The highest BCUT2D eigenvalue weighted by Crippen LogP contribution is 2.25. The molecule has 0 spiro atoms. The van der Waals surface area contributed by atoms with Gasteiger partial charge in [0.15, 0.2) is 0 Å².